The first-order chi connectivity index (χ1) is 9.11. The Morgan fingerprint density at radius 2 is 1.32 bits per heavy atom. The van der Waals surface area contributed by atoms with E-state index in [1.54, 1.807) is 21.0 Å². The predicted molar refractivity (Wildman–Crippen MR) is 77.5 cm³/mol. The van der Waals surface area contributed by atoms with Crippen molar-refractivity contribution in [2.24, 2.45) is 0 Å². The normalized spacial score (nSPS) is 26.2. The molecule has 1 aromatic carbocycles. The third-order valence-corrected chi connectivity index (χ3v) is 9.48. The molecule has 2 unspecified atom stereocenters. The minimum absolute atomic E-state index is 0.0359. The van der Waals surface area contributed by atoms with Gasteiger partial charge in [-0.15, -0.1) is 0 Å². The van der Waals surface area contributed by atoms with E-state index in [-0.39, 0.29) is 11.1 Å². The summed E-state index contributed by atoms with van der Waals surface area (Å²) in [5.74, 6) is 0.906. The number of fused-ring (bicyclic) bond motifs is 6. The lowest BCUT2D eigenvalue weighted by molar-refractivity contribution is 0.258. The van der Waals surface area contributed by atoms with Gasteiger partial charge in [-0.3, -0.25) is 9.59 Å². The van der Waals surface area contributed by atoms with Crippen LogP contribution in [0.1, 0.15) is 0 Å². The topological polar surface area (TPSA) is 50.5 Å². The van der Waals surface area contributed by atoms with Crippen molar-refractivity contribution in [1.82, 2.24) is 18.5 Å². The minimum atomic E-state index is -0.740. The van der Waals surface area contributed by atoms with Crippen LogP contribution in [-0.2, 0) is 0 Å². The second-order valence-corrected chi connectivity index (χ2v) is 9.14. The zero-order chi connectivity index (χ0) is 13.3. The summed E-state index contributed by atoms with van der Waals surface area (Å²) in [6.07, 6.45) is 0. The predicted octanol–water partition coefficient (Wildman–Crippen LogP) is 1.25. The Balaban J connectivity index is 2.19. The van der Waals surface area contributed by atoms with Crippen molar-refractivity contribution in [1.29, 1.82) is 0 Å². The number of hydrogen-bond donors (Lipinski definition) is 0. The van der Waals surface area contributed by atoms with Gasteiger partial charge in [-0.2, -0.15) is 9.56 Å². The number of benzene rings is 1. The van der Waals surface area contributed by atoms with E-state index < -0.39 is 16.4 Å². The molecule has 0 N–H and O–H groups in total. The summed E-state index contributed by atoms with van der Waals surface area (Å²) in [7, 11) is 2.50. The van der Waals surface area contributed by atoms with Gasteiger partial charge in [0.1, 0.15) is 16.4 Å². The minimum Gasteiger partial charge on any atom is -0.267 e. The van der Waals surface area contributed by atoms with Crippen LogP contribution in [0.15, 0.2) is 33.9 Å². The van der Waals surface area contributed by atoms with Gasteiger partial charge in [-0.25, -0.2) is 8.90 Å². The van der Waals surface area contributed by atoms with Crippen molar-refractivity contribution < 1.29 is 0 Å². The standard InChI is InChI=1S/C11H12N4O2P2/c1-12-13(2)19-7-18(12)14-10(16)8-5-3-4-6-9(8)11(17)15(14)19/h3-6H,7H2,1-2H3. The van der Waals surface area contributed by atoms with Crippen LogP contribution < -0.4 is 11.1 Å². The van der Waals surface area contributed by atoms with Gasteiger partial charge in [0.05, 0.1) is 16.7 Å². The van der Waals surface area contributed by atoms with Gasteiger partial charge in [0.2, 0.25) is 0 Å². The Morgan fingerprint density at radius 3 is 1.74 bits per heavy atom. The molecule has 1 saturated heterocycles. The molecule has 1 aromatic heterocycles. The molecule has 0 amide bonds. The van der Waals surface area contributed by atoms with E-state index in [1.165, 1.54) is 0 Å². The molecule has 0 spiro atoms. The van der Waals surface area contributed by atoms with E-state index in [4.69, 9.17) is 0 Å². The Labute approximate surface area is 111 Å². The van der Waals surface area contributed by atoms with Gasteiger partial charge < -0.3 is 0 Å². The highest BCUT2D eigenvalue weighted by Crippen LogP contribution is 2.68. The summed E-state index contributed by atoms with van der Waals surface area (Å²) in [5.41, 5.74) is -0.0717. The van der Waals surface area contributed by atoms with E-state index >= 15 is 0 Å². The third kappa shape index (κ3) is 1.30. The number of hydrogen-bond acceptors (Lipinski definition) is 4. The first-order valence-corrected chi connectivity index (χ1v) is 8.77. The fraction of sp³-hybridized carbons (Fsp3) is 0.273. The maximum absolute atomic E-state index is 12.6. The first-order valence-electron chi connectivity index (χ1n) is 5.91. The van der Waals surface area contributed by atoms with Crippen molar-refractivity contribution in [3.8, 4) is 0 Å². The van der Waals surface area contributed by atoms with Gasteiger partial charge in [0, 0.05) is 14.1 Å². The van der Waals surface area contributed by atoms with Gasteiger partial charge in [0.25, 0.3) is 11.1 Å². The van der Waals surface area contributed by atoms with E-state index in [0.717, 1.165) is 5.90 Å². The van der Waals surface area contributed by atoms with Crippen molar-refractivity contribution in [2.75, 3.05) is 20.0 Å². The fourth-order valence-electron chi connectivity index (χ4n) is 2.61. The second kappa shape index (κ2) is 3.74. The van der Waals surface area contributed by atoms with Crippen LogP contribution in [0.25, 0.3) is 10.8 Å². The molecule has 6 nitrogen and oxygen atoms in total. The highest BCUT2D eigenvalue weighted by Gasteiger charge is 2.47. The van der Waals surface area contributed by atoms with Crippen LogP contribution in [0, 0.1) is 0 Å². The van der Waals surface area contributed by atoms with Crippen LogP contribution >= 0.6 is 16.4 Å². The third-order valence-electron chi connectivity index (χ3n) is 3.71. The number of nitrogens with zero attached hydrogens (tertiary/aromatic N) is 4. The van der Waals surface area contributed by atoms with E-state index in [1.807, 2.05) is 26.2 Å². The van der Waals surface area contributed by atoms with E-state index in [9.17, 15) is 9.59 Å². The lowest BCUT2D eigenvalue weighted by atomic mass is 10.2. The average molecular weight is 294 g/mol. The van der Waals surface area contributed by atoms with Crippen LogP contribution in [0.2, 0.25) is 0 Å². The second-order valence-electron chi connectivity index (χ2n) is 4.60. The summed E-state index contributed by atoms with van der Waals surface area (Å²) < 4.78 is 7.62. The van der Waals surface area contributed by atoms with Crippen LogP contribution in [-0.4, -0.2) is 38.5 Å². The zero-order valence-electron chi connectivity index (χ0n) is 10.5. The average Bonchev–Trinajstić information content (AvgIpc) is 2.94. The molecular formula is C11H12N4O2P2. The molecule has 3 heterocycles. The molecule has 0 saturated carbocycles. The SMILES string of the molecule is CN1N(C)P2CP1n1c(=O)c3ccccc3c(=O)n12. The van der Waals surface area contributed by atoms with Crippen LogP contribution in [0.3, 0.4) is 0 Å². The summed E-state index contributed by atoms with van der Waals surface area (Å²) in [6.45, 7) is 0. The van der Waals surface area contributed by atoms with Crippen molar-refractivity contribution in [3.05, 3.63) is 45.0 Å². The van der Waals surface area contributed by atoms with Gasteiger partial charge >= 0.3 is 0 Å². The highest BCUT2D eigenvalue weighted by atomic mass is 31.2. The van der Waals surface area contributed by atoms with E-state index in [0.29, 0.717) is 10.8 Å². The molecule has 0 radical (unpaired) electrons. The molecule has 2 aliphatic heterocycles. The molecule has 1 fully saturated rings. The summed E-state index contributed by atoms with van der Waals surface area (Å²) in [4.78, 5) is 25.2. The molecule has 2 aromatic rings. The van der Waals surface area contributed by atoms with Crippen molar-refractivity contribution in [2.45, 2.75) is 0 Å². The number of rotatable bonds is 0. The van der Waals surface area contributed by atoms with Crippen molar-refractivity contribution in [3.63, 3.8) is 0 Å². The lowest BCUT2D eigenvalue weighted by Gasteiger charge is -2.34. The molecule has 4 rings (SSSR count). The molecule has 0 aliphatic carbocycles. The summed E-state index contributed by atoms with van der Waals surface area (Å²) in [6, 6.07) is 7.10. The molecule has 98 valence electrons. The molecule has 19 heavy (non-hydrogen) atoms. The van der Waals surface area contributed by atoms with Crippen molar-refractivity contribution >= 4 is 27.2 Å². The molecule has 2 bridgehead atoms. The van der Waals surface area contributed by atoms with Gasteiger partial charge in [-0.05, 0) is 12.1 Å². The Kier molecular flexibility index (Phi) is 2.31. The molecule has 2 atom stereocenters. The lowest BCUT2D eigenvalue weighted by Crippen LogP contribution is -2.41. The summed E-state index contributed by atoms with van der Waals surface area (Å²) >= 11 is 0. The smallest absolute Gasteiger partial charge is 0.267 e. The van der Waals surface area contributed by atoms with E-state index in [2.05, 4.69) is 9.56 Å². The van der Waals surface area contributed by atoms with Gasteiger partial charge in [-0.1, -0.05) is 12.1 Å². The molecular weight excluding hydrogens is 282 g/mol. The largest absolute Gasteiger partial charge is 0.278 e. The fourth-order valence-corrected chi connectivity index (χ4v) is 9.32. The molecule has 2 aliphatic rings. The van der Waals surface area contributed by atoms with Crippen LogP contribution in [0.4, 0.5) is 0 Å². The highest BCUT2D eigenvalue weighted by molar-refractivity contribution is 7.75. The Morgan fingerprint density at radius 1 is 0.895 bits per heavy atom. The van der Waals surface area contributed by atoms with Gasteiger partial charge in [0.15, 0.2) is 0 Å². The maximum Gasteiger partial charge on any atom is 0.278 e. The monoisotopic (exact) mass is 294 g/mol. The first kappa shape index (κ1) is 11.7. The number of hydrazine groups is 1. The summed E-state index contributed by atoms with van der Waals surface area (Å²) in [5, 5.41) is 1.07. The Bertz CT molecular complexity index is 748. The molecule has 8 heteroatoms. The number of aromatic nitrogens is 2. The Hall–Kier alpha value is -1.06. The van der Waals surface area contributed by atoms with Crippen LogP contribution in [0.5, 0.6) is 0 Å². The quantitative estimate of drug-likeness (QED) is 0.686. The zero-order valence-corrected chi connectivity index (χ0v) is 12.3. The maximum atomic E-state index is 12.6.